The summed E-state index contributed by atoms with van der Waals surface area (Å²) in [6.07, 6.45) is 9.61. The predicted molar refractivity (Wildman–Crippen MR) is 133 cm³/mol. The molecule has 0 saturated heterocycles. The van der Waals surface area contributed by atoms with E-state index in [9.17, 15) is 15.3 Å². The van der Waals surface area contributed by atoms with Gasteiger partial charge in [0.25, 0.3) is 0 Å². The highest BCUT2D eigenvalue weighted by molar-refractivity contribution is 5.20. The summed E-state index contributed by atoms with van der Waals surface area (Å²) in [5.74, 6) is 3.49. The van der Waals surface area contributed by atoms with Crippen molar-refractivity contribution in [3.63, 3.8) is 0 Å². The molecule has 0 aliphatic heterocycles. The van der Waals surface area contributed by atoms with E-state index in [-0.39, 0.29) is 45.9 Å². The number of rotatable bonds is 2. The van der Waals surface area contributed by atoms with E-state index < -0.39 is 0 Å². The summed E-state index contributed by atoms with van der Waals surface area (Å²) in [7, 11) is 0. The molecule has 11 atom stereocenters. The summed E-state index contributed by atoms with van der Waals surface area (Å²) in [4.78, 5) is 0. The molecule has 0 bridgehead atoms. The summed E-state index contributed by atoms with van der Waals surface area (Å²) < 4.78 is 0. The van der Waals surface area contributed by atoms with Gasteiger partial charge in [-0.2, -0.15) is 0 Å². The van der Waals surface area contributed by atoms with Crippen molar-refractivity contribution in [1.82, 2.24) is 0 Å². The fourth-order valence-electron chi connectivity index (χ4n) is 11.7. The number of aliphatic hydroxyl groups excluding tert-OH is 3. The van der Waals surface area contributed by atoms with Crippen LogP contribution in [-0.2, 0) is 0 Å². The lowest BCUT2D eigenvalue weighted by atomic mass is 9.32. The highest BCUT2D eigenvalue weighted by Crippen LogP contribution is 2.77. The molecule has 5 rings (SSSR count). The lowest BCUT2D eigenvalue weighted by molar-refractivity contribution is -0.262. The van der Waals surface area contributed by atoms with E-state index >= 15 is 0 Å². The zero-order valence-electron chi connectivity index (χ0n) is 22.5. The van der Waals surface area contributed by atoms with Gasteiger partial charge in [-0.25, -0.2) is 0 Å². The zero-order chi connectivity index (χ0) is 24.2. The van der Waals surface area contributed by atoms with Crippen LogP contribution in [0.25, 0.3) is 0 Å². The second-order valence-corrected chi connectivity index (χ2v) is 15.1. The molecular weight excluding hydrogens is 408 g/mol. The third-order valence-corrected chi connectivity index (χ3v) is 13.9. The largest absolute Gasteiger partial charge is 0.396 e. The quantitative estimate of drug-likeness (QED) is 0.470. The first kappa shape index (κ1) is 24.6. The molecular formula is C30H52O3. The lowest BCUT2D eigenvalue weighted by Crippen LogP contribution is -2.68. The maximum Gasteiger partial charge on any atom is 0.0599 e. The number of fused-ring (bicyclic) bond motifs is 7. The smallest absolute Gasteiger partial charge is 0.0599 e. The molecule has 0 aromatic rings. The van der Waals surface area contributed by atoms with Gasteiger partial charge in [0.05, 0.1) is 12.2 Å². The average Bonchev–Trinajstić information content (AvgIpc) is 3.02. The van der Waals surface area contributed by atoms with Gasteiger partial charge in [0.1, 0.15) is 0 Å². The molecule has 3 nitrogen and oxygen atoms in total. The molecule has 0 radical (unpaired) electrons. The van der Waals surface area contributed by atoms with Crippen molar-refractivity contribution in [1.29, 1.82) is 0 Å². The molecule has 5 aliphatic carbocycles. The van der Waals surface area contributed by atoms with E-state index in [1.807, 2.05) is 0 Å². The van der Waals surface area contributed by atoms with Crippen LogP contribution in [0.1, 0.15) is 106 Å². The van der Waals surface area contributed by atoms with Crippen LogP contribution in [0, 0.1) is 62.6 Å². The lowest BCUT2D eigenvalue weighted by Gasteiger charge is -2.73. The van der Waals surface area contributed by atoms with E-state index in [2.05, 4.69) is 48.5 Å². The molecule has 3 heteroatoms. The Morgan fingerprint density at radius 2 is 1.45 bits per heavy atom. The van der Waals surface area contributed by atoms with Crippen LogP contribution in [0.2, 0.25) is 0 Å². The molecule has 5 saturated carbocycles. The molecule has 0 aromatic heterocycles. The number of aliphatic hydroxyl groups is 3. The van der Waals surface area contributed by atoms with Crippen LogP contribution in [0.5, 0.6) is 0 Å². The molecule has 190 valence electrons. The van der Waals surface area contributed by atoms with Gasteiger partial charge in [-0.05, 0) is 115 Å². The van der Waals surface area contributed by atoms with Gasteiger partial charge >= 0.3 is 0 Å². The van der Waals surface area contributed by atoms with Crippen LogP contribution in [0.3, 0.4) is 0 Å². The third-order valence-electron chi connectivity index (χ3n) is 13.9. The standard InChI is InChI=1S/C30H52O3/c1-18(2)19-16-24(33)27(5)14-15-28(6)20(25(19)27)8-9-22-29(28,7)12-10-21-26(3,4)23(32)11-13-30(21,22)17-31/h18-25,31-33H,8-17H2,1-7H3/t19-,20+,21-,22-,23-,24+,25+,27-,28+,29+,30+/m0/s1. The van der Waals surface area contributed by atoms with Gasteiger partial charge in [-0.15, -0.1) is 0 Å². The van der Waals surface area contributed by atoms with Crippen molar-refractivity contribution in [3.8, 4) is 0 Å². The van der Waals surface area contributed by atoms with E-state index in [1.165, 1.54) is 25.7 Å². The molecule has 33 heavy (non-hydrogen) atoms. The number of hydrogen-bond acceptors (Lipinski definition) is 3. The highest BCUT2D eigenvalue weighted by Gasteiger charge is 2.72. The van der Waals surface area contributed by atoms with Crippen molar-refractivity contribution in [2.45, 2.75) is 118 Å². The Hall–Kier alpha value is -0.120. The fourth-order valence-corrected chi connectivity index (χ4v) is 11.7. The molecule has 0 heterocycles. The molecule has 3 N–H and O–H groups in total. The summed E-state index contributed by atoms with van der Waals surface area (Å²) in [5.41, 5.74) is 0.403. The minimum Gasteiger partial charge on any atom is -0.396 e. The Morgan fingerprint density at radius 1 is 0.758 bits per heavy atom. The van der Waals surface area contributed by atoms with Gasteiger partial charge in [-0.1, -0.05) is 48.5 Å². The summed E-state index contributed by atoms with van der Waals surface area (Å²) >= 11 is 0. The van der Waals surface area contributed by atoms with Crippen LogP contribution in [0.4, 0.5) is 0 Å². The second kappa shape index (κ2) is 7.45. The molecule has 0 spiro atoms. The van der Waals surface area contributed by atoms with Gasteiger partial charge in [0, 0.05) is 12.0 Å². The van der Waals surface area contributed by atoms with Gasteiger partial charge in [0.2, 0.25) is 0 Å². The predicted octanol–water partition coefficient (Wildman–Crippen LogP) is 6.05. The Morgan fingerprint density at radius 3 is 2.09 bits per heavy atom. The van der Waals surface area contributed by atoms with Gasteiger partial charge in [0.15, 0.2) is 0 Å². The Balaban J connectivity index is 1.56. The topological polar surface area (TPSA) is 60.7 Å². The average molecular weight is 461 g/mol. The maximum atomic E-state index is 11.2. The van der Waals surface area contributed by atoms with E-state index in [4.69, 9.17) is 0 Å². The fraction of sp³-hybridized carbons (Fsp3) is 1.00. The van der Waals surface area contributed by atoms with Gasteiger partial charge < -0.3 is 15.3 Å². The Labute approximate surface area is 203 Å². The van der Waals surface area contributed by atoms with Crippen LogP contribution in [0.15, 0.2) is 0 Å². The Bertz CT molecular complexity index is 777. The normalized spacial score (nSPS) is 57.7. The number of hydrogen-bond donors (Lipinski definition) is 3. The van der Waals surface area contributed by atoms with Gasteiger partial charge in [-0.3, -0.25) is 0 Å². The van der Waals surface area contributed by atoms with E-state index in [0.29, 0.717) is 35.5 Å². The van der Waals surface area contributed by atoms with Crippen molar-refractivity contribution in [3.05, 3.63) is 0 Å². The molecule has 5 fully saturated rings. The van der Waals surface area contributed by atoms with Crippen molar-refractivity contribution in [2.24, 2.45) is 62.6 Å². The third kappa shape index (κ3) is 2.85. The summed E-state index contributed by atoms with van der Waals surface area (Å²) in [6, 6.07) is 0. The second-order valence-electron chi connectivity index (χ2n) is 15.1. The summed E-state index contributed by atoms with van der Waals surface area (Å²) in [6.45, 7) is 17.2. The molecule has 0 amide bonds. The zero-order valence-corrected chi connectivity index (χ0v) is 22.5. The molecule has 0 unspecified atom stereocenters. The van der Waals surface area contributed by atoms with Crippen LogP contribution in [-0.4, -0.2) is 34.1 Å². The van der Waals surface area contributed by atoms with Crippen molar-refractivity contribution >= 4 is 0 Å². The minimum atomic E-state index is -0.249. The maximum absolute atomic E-state index is 11.2. The first-order valence-corrected chi connectivity index (χ1v) is 14.3. The monoisotopic (exact) mass is 460 g/mol. The summed E-state index contributed by atoms with van der Waals surface area (Å²) in [5, 5.41) is 33.2. The molecule has 0 aromatic carbocycles. The van der Waals surface area contributed by atoms with E-state index in [0.717, 1.165) is 32.1 Å². The van der Waals surface area contributed by atoms with Crippen LogP contribution >= 0.6 is 0 Å². The first-order valence-electron chi connectivity index (χ1n) is 14.3. The molecule has 5 aliphatic rings. The SMILES string of the molecule is CC(C)[C@@H]1C[C@@H](O)[C@]2(C)CC[C@]3(C)[C@H](CC[C@@H]4[C@@]5(CO)CC[C@H](O)C(C)(C)[C@@H]5CC[C@]43C)[C@@H]12. The van der Waals surface area contributed by atoms with Crippen molar-refractivity contribution < 1.29 is 15.3 Å². The minimum absolute atomic E-state index is 0.0445. The van der Waals surface area contributed by atoms with E-state index in [1.54, 1.807) is 0 Å². The first-order chi connectivity index (χ1) is 15.3. The van der Waals surface area contributed by atoms with Crippen LogP contribution < -0.4 is 0 Å². The highest BCUT2D eigenvalue weighted by atomic mass is 16.3. The Kier molecular flexibility index (Phi) is 5.55. The van der Waals surface area contributed by atoms with Crippen molar-refractivity contribution in [2.75, 3.05) is 6.61 Å².